The maximum atomic E-state index is 13.4. The Kier molecular flexibility index (Phi) is 7.61. The molecular weight excluding hydrogens is 428 g/mol. The van der Waals surface area contributed by atoms with Crippen LogP contribution in [0, 0.1) is 5.92 Å². The molecule has 2 aliphatic heterocycles. The first kappa shape index (κ1) is 22.7. The van der Waals surface area contributed by atoms with Crippen molar-refractivity contribution in [1.29, 1.82) is 0 Å². The number of carboxylic acid groups (broad SMARTS) is 2. The van der Waals surface area contributed by atoms with Gasteiger partial charge in [-0.2, -0.15) is 5.10 Å². The summed E-state index contributed by atoms with van der Waals surface area (Å²) in [6.45, 7) is 2.18. The molecule has 1 aromatic carbocycles. The average Bonchev–Trinajstić information content (AvgIpc) is 3.10. The number of benzene rings is 1. The fourth-order valence-corrected chi connectivity index (χ4v) is 4.10. The highest BCUT2D eigenvalue weighted by molar-refractivity contribution is 6.33. The van der Waals surface area contributed by atoms with E-state index in [2.05, 4.69) is 5.10 Å². The van der Waals surface area contributed by atoms with Crippen molar-refractivity contribution < 1.29 is 29.3 Å². The second-order valence-corrected chi connectivity index (χ2v) is 7.73. The summed E-state index contributed by atoms with van der Waals surface area (Å²) in [6, 6.07) is 6.84. The molecule has 0 saturated carbocycles. The number of carbonyl (C=O) groups excluding carboxylic acids is 1. The van der Waals surface area contributed by atoms with Gasteiger partial charge in [0.05, 0.1) is 42.1 Å². The van der Waals surface area contributed by atoms with E-state index in [0.717, 1.165) is 5.69 Å². The molecule has 3 heterocycles. The molecule has 0 spiro atoms. The first-order chi connectivity index (χ1) is 14.9. The molecule has 2 N–H and O–H groups in total. The molecule has 0 radical (unpaired) electrons. The number of carboxylic acids is 1. The summed E-state index contributed by atoms with van der Waals surface area (Å²) in [7, 11) is 0. The Hall–Kier alpha value is -2.95. The third kappa shape index (κ3) is 5.60. The van der Waals surface area contributed by atoms with E-state index in [0.29, 0.717) is 43.4 Å². The lowest BCUT2D eigenvalue weighted by Gasteiger charge is -2.30. The zero-order valence-corrected chi connectivity index (χ0v) is 17.4. The average molecular weight is 451 g/mol. The Labute approximate surface area is 183 Å². The summed E-state index contributed by atoms with van der Waals surface area (Å²) in [4.78, 5) is 36.6. The zero-order chi connectivity index (χ0) is 22.4. The lowest BCUT2D eigenvalue weighted by molar-refractivity contribution is -0.138. The van der Waals surface area contributed by atoms with Crippen LogP contribution in [-0.2, 0) is 14.3 Å². The van der Waals surface area contributed by atoms with Gasteiger partial charge in [-0.3, -0.25) is 19.3 Å². The molecular formula is C20H23ClN4O6. The third-order valence-corrected chi connectivity index (χ3v) is 5.44. The number of hydrogen-bond acceptors (Lipinski definition) is 6. The normalized spacial score (nSPS) is 20.9. The van der Waals surface area contributed by atoms with Crippen LogP contribution in [0.4, 0.5) is 0 Å². The van der Waals surface area contributed by atoms with Crippen molar-refractivity contribution in [1.82, 2.24) is 19.6 Å². The number of carbonyl (C=O) groups is 3. The molecule has 2 aromatic rings. The number of amides is 1. The van der Waals surface area contributed by atoms with Crippen LogP contribution in [-0.4, -0.2) is 93.6 Å². The van der Waals surface area contributed by atoms with Crippen LogP contribution in [0.15, 0.2) is 36.7 Å². The number of ether oxygens (including phenoxy) is 1. The highest BCUT2D eigenvalue weighted by atomic mass is 35.5. The number of nitrogens with zero attached hydrogens (tertiary/aromatic N) is 4. The van der Waals surface area contributed by atoms with Crippen LogP contribution in [0.3, 0.4) is 0 Å². The van der Waals surface area contributed by atoms with E-state index in [1.54, 1.807) is 34.1 Å². The molecule has 1 amide bonds. The molecule has 0 aliphatic carbocycles. The summed E-state index contributed by atoms with van der Waals surface area (Å²) in [5.41, 5.74) is 1.16. The van der Waals surface area contributed by atoms with Crippen molar-refractivity contribution in [2.75, 3.05) is 39.4 Å². The van der Waals surface area contributed by atoms with Crippen molar-refractivity contribution in [2.45, 2.75) is 6.04 Å². The maximum absolute atomic E-state index is 13.4. The van der Waals surface area contributed by atoms with Gasteiger partial charge in [0.15, 0.2) is 0 Å². The Bertz CT molecular complexity index is 922. The number of aliphatic carboxylic acids is 1. The topological polar surface area (TPSA) is 125 Å². The SMILES string of the molecule is O=C(O)CN1C[C@@H]2COC[C@H](C1)N(C(=O)c1cc(-n3cccn3)ccc1Cl)C2.O=CO. The maximum Gasteiger partial charge on any atom is 0.317 e. The van der Waals surface area contributed by atoms with Crippen molar-refractivity contribution in [2.24, 2.45) is 5.92 Å². The fraction of sp³-hybridized carbons (Fsp3) is 0.400. The van der Waals surface area contributed by atoms with Crippen LogP contribution >= 0.6 is 11.6 Å². The summed E-state index contributed by atoms with van der Waals surface area (Å²) >= 11 is 6.36. The van der Waals surface area contributed by atoms with Crippen molar-refractivity contribution in [3.63, 3.8) is 0 Å². The van der Waals surface area contributed by atoms with Gasteiger partial charge in [-0.05, 0) is 24.3 Å². The highest BCUT2D eigenvalue weighted by Gasteiger charge is 2.37. The minimum absolute atomic E-state index is 0.0371. The summed E-state index contributed by atoms with van der Waals surface area (Å²) in [5.74, 6) is -0.978. The zero-order valence-electron chi connectivity index (χ0n) is 16.6. The fourth-order valence-electron chi connectivity index (χ4n) is 3.91. The lowest BCUT2D eigenvalue weighted by Crippen LogP contribution is -2.47. The van der Waals surface area contributed by atoms with Crippen LogP contribution in [0.2, 0.25) is 5.02 Å². The molecule has 166 valence electrons. The lowest BCUT2D eigenvalue weighted by atomic mass is 10.1. The van der Waals surface area contributed by atoms with E-state index in [1.165, 1.54) is 0 Å². The molecule has 2 bridgehead atoms. The van der Waals surface area contributed by atoms with Gasteiger partial charge in [0.1, 0.15) is 0 Å². The minimum atomic E-state index is -0.867. The minimum Gasteiger partial charge on any atom is -0.483 e. The Morgan fingerprint density at radius 2 is 2.03 bits per heavy atom. The molecule has 31 heavy (non-hydrogen) atoms. The van der Waals surface area contributed by atoms with Gasteiger partial charge in [0, 0.05) is 37.9 Å². The van der Waals surface area contributed by atoms with Gasteiger partial charge in [-0.25, -0.2) is 4.68 Å². The summed E-state index contributed by atoms with van der Waals surface area (Å²) in [6.07, 6.45) is 3.47. The van der Waals surface area contributed by atoms with Crippen molar-refractivity contribution in [3.8, 4) is 5.69 Å². The molecule has 2 aliphatic rings. The van der Waals surface area contributed by atoms with E-state index in [-0.39, 0.29) is 30.9 Å². The summed E-state index contributed by atoms with van der Waals surface area (Å²) in [5, 5.41) is 20.6. The first-order valence-corrected chi connectivity index (χ1v) is 10.0. The Balaban J connectivity index is 0.000000858. The van der Waals surface area contributed by atoms with Crippen LogP contribution in [0.1, 0.15) is 10.4 Å². The molecule has 4 rings (SSSR count). The van der Waals surface area contributed by atoms with E-state index in [4.69, 9.17) is 31.3 Å². The monoisotopic (exact) mass is 450 g/mol. The van der Waals surface area contributed by atoms with Crippen molar-refractivity contribution in [3.05, 3.63) is 47.2 Å². The largest absolute Gasteiger partial charge is 0.483 e. The van der Waals surface area contributed by atoms with E-state index in [9.17, 15) is 9.59 Å². The molecule has 10 nitrogen and oxygen atoms in total. The number of halogens is 1. The van der Waals surface area contributed by atoms with E-state index < -0.39 is 5.97 Å². The second-order valence-electron chi connectivity index (χ2n) is 7.32. The van der Waals surface area contributed by atoms with Gasteiger partial charge < -0.3 is 19.8 Å². The predicted octanol–water partition coefficient (Wildman–Crippen LogP) is 1.08. The predicted molar refractivity (Wildman–Crippen MR) is 110 cm³/mol. The van der Waals surface area contributed by atoms with Gasteiger partial charge in [0.25, 0.3) is 12.4 Å². The van der Waals surface area contributed by atoms with Crippen molar-refractivity contribution >= 4 is 29.9 Å². The molecule has 2 fully saturated rings. The molecule has 1 aromatic heterocycles. The van der Waals surface area contributed by atoms with Crippen LogP contribution < -0.4 is 0 Å². The molecule has 2 saturated heterocycles. The number of hydrogen-bond donors (Lipinski definition) is 2. The Morgan fingerprint density at radius 3 is 2.71 bits per heavy atom. The number of aromatic nitrogens is 2. The van der Waals surface area contributed by atoms with Gasteiger partial charge in [0.2, 0.25) is 0 Å². The Morgan fingerprint density at radius 1 is 1.26 bits per heavy atom. The molecule has 0 unspecified atom stereocenters. The van der Waals surface area contributed by atoms with Crippen LogP contribution in [0.5, 0.6) is 0 Å². The number of rotatable bonds is 4. The summed E-state index contributed by atoms with van der Waals surface area (Å²) < 4.78 is 7.40. The van der Waals surface area contributed by atoms with Gasteiger partial charge in [-0.1, -0.05) is 11.6 Å². The second kappa shape index (κ2) is 10.4. The van der Waals surface area contributed by atoms with Gasteiger partial charge in [-0.15, -0.1) is 0 Å². The van der Waals surface area contributed by atoms with Crippen LogP contribution in [0.25, 0.3) is 5.69 Å². The highest BCUT2D eigenvalue weighted by Crippen LogP contribution is 2.26. The van der Waals surface area contributed by atoms with Gasteiger partial charge >= 0.3 is 5.97 Å². The quantitative estimate of drug-likeness (QED) is 0.663. The standard InChI is InChI=1S/C19H21ClN4O4.CH2O2/c20-17-3-2-14(24-5-1-4-21-24)6-16(17)19(27)23-8-13-7-22(10-18(25)26)9-15(23)12-28-11-13;2-1-3/h1-6,13,15H,7-12H2,(H,25,26);1H,(H,2,3)/t13-,15-;/m0./s1. The number of fused-ring (bicyclic) bond motifs is 3. The van der Waals surface area contributed by atoms with E-state index >= 15 is 0 Å². The first-order valence-electron chi connectivity index (χ1n) is 9.63. The molecule has 11 heteroatoms. The smallest absolute Gasteiger partial charge is 0.317 e. The van der Waals surface area contributed by atoms with E-state index in [1.807, 2.05) is 17.0 Å². The molecule has 2 atom stereocenters. The third-order valence-electron chi connectivity index (χ3n) is 5.11.